The van der Waals surface area contributed by atoms with Gasteiger partial charge in [-0.3, -0.25) is 0 Å². The minimum absolute atomic E-state index is 0.0820. The average Bonchev–Trinajstić information content (AvgIpc) is 2.31. The van der Waals surface area contributed by atoms with E-state index in [1.54, 1.807) is 6.07 Å². The molecule has 0 bridgehead atoms. The van der Waals surface area contributed by atoms with E-state index in [1.807, 2.05) is 18.7 Å². The van der Waals surface area contributed by atoms with Crippen molar-refractivity contribution in [1.82, 2.24) is 0 Å². The van der Waals surface area contributed by atoms with E-state index in [4.69, 9.17) is 10.9 Å². The van der Waals surface area contributed by atoms with Crippen LogP contribution in [0.3, 0.4) is 0 Å². The number of amidine groups is 1. The SMILES string of the molecule is CCN(CC)c1ccc(F)cc1C(N)=NO. The zero-order chi connectivity index (χ0) is 12.1. The van der Waals surface area contributed by atoms with Crippen LogP contribution in [0.5, 0.6) is 0 Å². The number of anilines is 1. The topological polar surface area (TPSA) is 61.8 Å². The molecule has 0 amide bonds. The Kier molecular flexibility index (Phi) is 4.10. The second-order valence-electron chi connectivity index (χ2n) is 3.32. The molecule has 0 saturated heterocycles. The zero-order valence-electron chi connectivity index (χ0n) is 9.44. The molecule has 4 nitrogen and oxygen atoms in total. The van der Waals surface area contributed by atoms with Crippen LogP contribution in [0, 0.1) is 5.82 Å². The molecule has 0 heterocycles. The van der Waals surface area contributed by atoms with Crippen molar-refractivity contribution in [3.05, 3.63) is 29.6 Å². The Hall–Kier alpha value is -1.78. The maximum atomic E-state index is 13.1. The number of halogens is 1. The van der Waals surface area contributed by atoms with Gasteiger partial charge in [0.2, 0.25) is 0 Å². The molecule has 1 aromatic rings. The van der Waals surface area contributed by atoms with E-state index in [9.17, 15) is 4.39 Å². The van der Waals surface area contributed by atoms with Crippen LogP contribution in [0.1, 0.15) is 19.4 Å². The van der Waals surface area contributed by atoms with Crippen molar-refractivity contribution in [3.8, 4) is 0 Å². The van der Waals surface area contributed by atoms with Gasteiger partial charge >= 0.3 is 0 Å². The molecule has 16 heavy (non-hydrogen) atoms. The van der Waals surface area contributed by atoms with Gasteiger partial charge in [-0.1, -0.05) is 5.16 Å². The Morgan fingerprint density at radius 3 is 2.56 bits per heavy atom. The summed E-state index contributed by atoms with van der Waals surface area (Å²) < 4.78 is 13.1. The van der Waals surface area contributed by atoms with Crippen LogP contribution in [-0.4, -0.2) is 24.1 Å². The molecule has 1 rings (SSSR count). The van der Waals surface area contributed by atoms with Crippen molar-refractivity contribution in [2.45, 2.75) is 13.8 Å². The molecule has 5 heteroatoms. The standard InChI is InChI=1S/C11H16FN3O/c1-3-15(4-2)10-6-5-8(12)7-9(10)11(13)14-16/h5-7,16H,3-4H2,1-2H3,(H2,13,14). The highest BCUT2D eigenvalue weighted by atomic mass is 19.1. The Labute approximate surface area is 94.2 Å². The maximum absolute atomic E-state index is 13.1. The highest BCUT2D eigenvalue weighted by molar-refractivity contribution is 6.02. The fourth-order valence-corrected chi connectivity index (χ4v) is 1.61. The summed E-state index contributed by atoms with van der Waals surface area (Å²) in [4.78, 5) is 2.01. The minimum atomic E-state index is -0.405. The maximum Gasteiger partial charge on any atom is 0.172 e. The summed E-state index contributed by atoms with van der Waals surface area (Å²) in [7, 11) is 0. The van der Waals surface area contributed by atoms with Crippen LogP contribution in [0.2, 0.25) is 0 Å². The molecule has 0 aliphatic carbocycles. The van der Waals surface area contributed by atoms with Crippen LogP contribution in [0.4, 0.5) is 10.1 Å². The van der Waals surface area contributed by atoms with Gasteiger partial charge in [0.1, 0.15) is 5.82 Å². The van der Waals surface area contributed by atoms with Crippen LogP contribution in [-0.2, 0) is 0 Å². The highest BCUT2D eigenvalue weighted by Crippen LogP contribution is 2.21. The normalized spacial score (nSPS) is 11.6. The summed E-state index contributed by atoms with van der Waals surface area (Å²) in [6.07, 6.45) is 0. The number of hydrogen-bond donors (Lipinski definition) is 2. The number of oxime groups is 1. The Bertz CT molecular complexity index is 389. The van der Waals surface area contributed by atoms with Gasteiger partial charge in [-0.05, 0) is 32.0 Å². The molecule has 0 atom stereocenters. The zero-order valence-corrected chi connectivity index (χ0v) is 9.44. The lowest BCUT2D eigenvalue weighted by atomic mass is 10.1. The molecule has 0 aromatic heterocycles. The number of nitrogens with zero attached hydrogens (tertiary/aromatic N) is 2. The third-order valence-corrected chi connectivity index (χ3v) is 2.45. The summed E-state index contributed by atoms with van der Waals surface area (Å²) in [6.45, 7) is 5.52. The highest BCUT2D eigenvalue weighted by Gasteiger charge is 2.12. The third kappa shape index (κ3) is 2.42. The van der Waals surface area contributed by atoms with E-state index in [-0.39, 0.29) is 5.84 Å². The summed E-state index contributed by atoms with van der Waals surface area (Å²) in [5.41, 5.74) is 6.69. The molecule has 0 fully saturated rings. The van der Waals surface area contributed by atoms with Gasteiger partial charge in [-0.15, -0.1) is 0 Å². The van der Waals surface area contributed by atoms with Crippen molar-refractivity contribution in [3.63, 3.8) is 0 Å². The third-order valence-electron chi connectivity index (χ3n) is 2.45. The van der Waals surface area contributed by atoms with E-state index in [0.717, 1.165) is 18.8 Å². The van der Waals surface area contributed by atoms with Gasteiger partial charge in [-0.25, -0.2) is 4.39 Å². The Morgan fingerprint density at radius 1 is 1.44 bits per heavy atom. The molecule has 0 aliphatic heterocycles. The molecule has 1 aromatic carbocycles. The molecular weight excluding hydrogens is 209 g/mol. The van der Waals surface area contributed by atoms with Crippen molar-refractivity contribution in [2.24, 2.45) is 10.9 Å². The van der Waals surface area contributed by atoms with Gasteiger partial charge < -0.3 is 15.8 Å². The van der Waals surface area contributed by atoms with Crippen LogP contribution in [0.15, 0.2) is 23.4 Å². The number of hydrogen-bond acceptors (Lipinski definition) is 3. The molecule has 0 spiro atoms. The molecule has 0 aliphatic rings. The molecule has 0 saturated carbocycles. The quantitative estimate of drug-likeness (QED) is 0.355. The minimum Gasteiger partial charge on any atom is -0.409 e. The second-order valence-corrected chi connectivity index (χ2v) is 3.32. The van der Waals surface area contributed by atoms with Crippen molar-refractivity contribution in [2.75, 3.05) is 18.0 Å². The fourth-order valence-electron chi connectivity index (χ4n) is 1.61. The van der Waals surface area contributed by atoms with Gasteiger partial charge in [0, 0.05) is 24.3 Å². The monoisotopic (exact) mass is 225 g/mol. The summed E-state index contributed by atoms with van der Waals surface area (Å²) >= 11 is 0. The Morgan fingerprint density at radius 2 is 2.06 bits per heavy atom. The first kappa shape index (κ1) is 12.3. The fraction of sp³-hybridized carbons (Fsp3) is 0.364. The first-order valence-electron chi connectivity index (χ1n) is 5.16. The first-order chi connectivity index (χ1) is 7.63. The molecule has 3 N–H and O–H groups in total. The van der Waals surface area contributed by atoms with Crippen LogP contribution in [0.25, 0.3) is 0 Å². The van der Waals surface area contributed by atoms with E-state index in [0.29, 0.717) is 5.56 Å². The molecule has 0 radical (unpaired) electrons. The average molecular weight is 225 g/mol. The first-order valence-corrected chi connectivity index (χ1v) is 5.16. The lowest BCUT2D eigenvalue weighted by molar-refractivity contribution is 0.318. The van der Waals surface area contributed by atoms with Gasteiger partial charge in [0.25, 0.3) is 0 Å². The van der Waals surface area contributed by atoms with Gasteiger partial charge in [0.05, 0.1) is 0 Å². The number of benzene rings is 1. The lowest BCUT2D eigenvalue weighted by Crippen LogP contribution is -2.26. The Balaban J connectivity index is 3.27. The van der Waals surface area contributed by atoms with Crippen LogP contribution < -0.4 is 10.6 Å². The predicted molar refractivity (Wildman–Crippen MR) is 62.5 cm³/mol. The van der Waals surface area contributed by atoms with E-state index < -0.39 is 5.82 Å². The summed E-state index contributed by atoms with van der Waals surface area (Å²) in [5, 5.41) is 11.6. The largest absolute Gasteiger partial charge is 0.409 e. The summed E-state index contributed by atoms with van der Waals surface area (Å²) in [6, 6.07) is 4.26. The van der Waals surface area contributed by atoms with Gasteiger partial charge in [-0.2, -0.15) is 0 Å². The van der Waals surface area contributed by atoms with E-state index >= 15 is 0 Å². The summed E-state index contributed by atoms with van der Waals surface area (Å²) in [5.74, 6) is -0.487. The smallest absolute Gasteiger partial charge is 0.172 e. The number of nitrogens with two attached hydrogens (primary N) is 1. The lowest BCUT2D eigenvalue weighted by Gasteiger charge is -2.23. The van der Waals surface area contributed by atoms with Crippen molar-refractivity contribution >= 4 is 11.5 Å². The molecule has 0 unspecified atom stereocenters. The van der Waals surface area contributed by atoms with Crippen LogP contribution >= 0.6 is 0 Å². The predicted octanol–water partition coefficient (Wildman–Crippen LogP) is 1.77. The molecular formula is C11H16FN3O. The van der Waals surface area contributed by atoms with E-state index in [1.165, 1.54) is 12.1 Å². The van der Waals surface area contributed by atoms with Crippen molar-refractivity contribution in [1.29, 1.82) is 0 Å². The number of rotatable bonds is 4. The van der Waals surface area contributed by atoms with Crippen molar-refractivity contribution < 1.29 is 9.60 Å². The molecule has 88 valence electrons. The van der Waals surface area contributed by atoms with Gasteiger partial charge in [0.15, 0.2) is 5.84 Å². The second kappa shape index (κ2) is 5.34. The van der Waals surface area contributed by atoms with E-state index in [2.05, 4.69) is 5.16 Å².